The summed E-state index contributed by atoms with van der Waals surface area (Å²) in [4.78, 5) is 25.2. The van der Waals surface area contributed by atoms with E-state index >= 15 is 0 Å². The minimum absolute atomic E-state index is 0.0608. The second-order valence-electron chi connectivity index (χ2n) is 6.59. The molecule has 3 unspecified atom stereocenters. The second kappa shape index (κ2) is 7.69. The van der Waals surface area contributed by atoms with Crippen LogP contribution >= 0.6 is 0 Å². The Bertz CT molecular complexity index is 584. The molecule has 2 rings (SSSR count). The van der Waals surface area contributed by atoms with Crippen LogP contribution in [0.15, 0.2) is 24.3 Å². The van der Waals surface area contributed by atoms with Crippen molar-refractivity contribution in [3.63, 3.8) is 0 Å². The zero-order valence-corrected chi connectivity index (χ0v) is 14.9. The molecule has 1 fully saturated rings. The average molecular weight is 333 g/mol. The van der Waals surface area contributed by atoms with E-state index in [1.165, 1.54) is 7.11 Å². The number of rotatable bonds is 5. The summed E-state index contributed by atoms with van der Waals surface area (Å²) in [5.74, 6) is -0.0418. The molecule has 1 amide bonds. The third-order valence-electron chi connectivity index (χ3n) is 5.20. The first kappa shape index (κ1) is 18.3. The van der Waals surface area contributed by atoms with Crippen molar-refractivity contribution in [1.29, 1.82) is 0 Å². The zero-order valence-electron chi connectivity index (χ0n) is 14.9. The van der Waals surface area contributed by atoms with Gasteiger partial charge in [0.15, 0.2) is 0 Å². The lowest BCUT2D eigenvalue weighted by atomic mass is 9.73. The van der Waals surface area contributed by atoms with Crippen LogP contribution in [0.4, 0.5) is 0 Å². The topological polar surface area (TPSA) is 64.6 Å². The number of carbonyl (C=O) groups excluding carboxylic acids is 2. The van der Waals surface area contributed by atoms with Crippen LogP contribution in [0.5, 0.6) is 5.75 Å². The summed E-state index contributed by atoms with van der Waals surface area (Å²) in [5, 5.41) is 3.01. The monoisotopic (exact) mass is 333 g/mol. The Hall–Kier alpha value is -2.04. The number of amides is 1. The van der Waals surface area contributed by atoms with Crippen molar-refractivity contribution in [2.75, 3.05) is 14.2 Å². The van der Waals surface area contributed by atoms with Gasteiger partial charge in [0, 0.05) is 0 Å². The van der Waals surface area contributed by atoms with Gasteiger partial charge in [-0.3, -0.25) is 4.79 Å². The molecule has 0 heterocycles. The Labute approximate surface area is 143 Å². The summed E-state index contributed by atoms with van der Waals surface area (Å²) in [7, 11) is 2.99. The molecule has 0 spiro atoms. The highest BCUT2D eigenvalue weighted by Gasteiger charge is 2.47. The van der Waals surface area contributed by atoms with E-state index in [4.69, 9.17) is 9.47 Å². The van der Waals surface area contributed by atoms with Crippen LogP contribution in [-0.4, -0.2) is 31.6 Å². The Morgan fingerprint density at radius 2 is 1.88 bits per heavy atom. The molecule has 1 aliphatic carbocycles. The van der Waals surface area contributed by atoms with E-state index in [-0.39, 0.29) is 23.7 Å². The van der Waals surface area contributed by atoms with Crippen molar-refractivity contribution in [2.24, 2.45) is 5.92 Å². The molecule has 0 aliphatic heterocycles. The third kappa shape index (κ3) is 3.55. The van der Waals surface area contributed by atoms with Crippen molar-refractivity contribution < 1.29 is 19.1 Å². The fourth-order valence-corrected chi connectivity index (χ4v) is 3.44. The van der Waals surface area contributed by atoms with Gasteiger partial charge in [-0.15, -0.1) is 0 Å². The molecule has 1 aromatic carbocycles. The summed E-state index contributed by atoms with van der Waals surface area (Å²) in [6.07, 6.45) is 3.52. The predicted molar refractivity (Wildman–Crippen MR) is 91.9 cm³/mol. The fraction of sp³-hybridized carbons (Fsp3) is 0.579. The van der Waals surface area contributed by atoms with Gasteiger partial charge in [-0.1, -0.05) is 31.9 Å². The average Bonchev–Trinajstić information content (AvgIpc) is 2.62. The molecule has 0 bridgehead atoms. The number of hydrogen-bond donors (Lipinski definition) is 1. The number of nitrogens with one attached hydrogen (secondary N) is 1. The van der Waals surface area contributed by atoms with E-state index in [9.17, 15) is 9.59 Å². The second-order valence-corrected chi connectivity index (χ2v) is 6.59. The van der Waals surface area contributed by atoms with Crippen LogP contribution in [-0.2, 0) is 14.3 Å². The SMILES string of the molecule is COC(=O)C1(NC(=O)C(C)c2ccc(OC)cc2)CCCCC1C. The predicted octanol–water partition coefficient (Wildman–Crippen LogP) is 3.04. The van der Waals surface area contributed by atoms with Crippen molar-refractivity contribution >= 4 is 11.9 Å². The van der Waals surface area contributed by atoms with Crippen molar-refractivity contribution in [3.05, 3.63) is 29.8 Å². The molecule has 1 N–H and O–H groups in total. The Morgan fingerprint density at radius 3 is 2.42 bits per heavy atom. The van der Waals surface area contributed by atoms with Crippen LogP contribution < -0.4 is 10.1 Å². The molecular weight excluding hydrogens is 306 g/mol. The molecule has 5 nitrogen and oxygen atoms in total. The highest BCUT2D eigenvalue weighted by Crippen LogP contribution is 2.35. The maximum Gasteiger partial charge on any atom is 0.331 e. The Kier molecular flexibility index (Phi) is 5.86. The van der Waals surface area contributed by atoms with Gasteiger partial charge in [0.1, 0.15) is 11.3 Å². The quantitative estimate of drug-likeness (QED) is 0.841. The van der Waals surface area contributed by atoms with Crippen LogP contribution in [0.1, 0.15) is 51.0 Å². The number of benzene rings is 1. The van der Waals surface area contributed by atoms with E-state index in [0.29, 0.717) is 6.42 Å². The van der Waals surface area contributed by atoms with E-state index in [1.807, 2.05) is 38.1 Å². The van der Waals surface area contributed by atoms with Crippen LogP contribution in [0.25, 0.3) is 0 Å². The molecule has 132 valence electrons. The van der Waals surface area contributed by atoms with Gasteiger partial charge in [0.25, 0.3) is 0 Å². The Balaban J connectivity index is 2.18. The molecule has 0 saturated heterocycles. The standard InChI is InChI=1S/C19H27NO4/c1-13-7-5-6-12-19(13,18(22)24-4)20-17(21)14(2)15-8-10-16(23-3)11-9-15/h8-11,13-14H,5-7,12H2,1-4H3,(H,20,21). The van der Waals surface area contributed by atoms with Crippen LogP contribution in [0.2, 0.25) is 0 Å². The lowest BCUT2D eigenvalue weighted by Gasteiger charge is -2.41. The molecule has 3 atom stereocenters. The number of esters is 1. The van der Waals surface area contributed by atoms with E-state index in [0.717, 1.165) is 30.6 Å². The molecule has 1 saturated carbocycles. The first-order valence-electron chi connectivity index (χ1n) is 8.49. The Morgan fingerprint density at radius 1 is 1.21 bits per heavy atom. The minimum atomic E-state index is -0.912. The minimum Gasteiger partial charge on any atom is -0.497 e. The summed E-state index contributed by atoms with van der Waals surface area (Å²) in [6.45, 7) is 3.85. The zero-order chi connectivity index (χ0) is 17.7. The first-order valence-corrected chi connectivity index (χ1v) is 8.49. The van der Waals surface area contributed by atoms with Gasteiger partial charge < -0.3 is 14.8 Å². The highest BCUT2D eigenvalue weighted by atomic mass is 16.5. The van der Waals surface area contributed by atoms with E-state index in [2.05, 4.69) is 5.32 Å². The van der Waals surface area contributed by atoms with Crippen LogP contribution in [0.3, 0.4) is 0 Å². The highest BCUT2D eigenvalue weighted by molar-refractivity contribution is 5.91. The smallest absolute Gasteiger partial charge is 0.331 e. The number of ether oxygens (including phenoxy) is 2. The molecular formula is C19H27NO4. The summed E-state index contributed by atoms with van der Waals surface area (Å²) < 4.78 is 10.2. The van der Waals surface area contributed by atoms with E-state index < -0.39 is 5.54 Å². The molecule has 0 aromatic heterocycles. The van der Waals surface area contributed by atoms with Gasteiger partial charge in [0.05, 0.1) is 20.1 Å². The van der Waals surface area contributed by atoms with Gasteiger partial charge in [-0.05, 0) is 43.4 Å². The third-order valence-corrected chi connectivity index (χ3v) is 5.20. The molecule has 1 aromatic rings. The maximum atomic E-state index is 12.8. The number of methoxy groups -OCH3 is 2. The molecule has 5 heteroatoms. The maximum absolute atomic E-state index is 12.8. The first-order chi connectivity index (χ1) is 11.4. The van der Waals surface area contributed by atoms with Crippen molar-refractivity contribution in [1.82, 2.24) is 5.32 Å². The lowest BCUT2D eigenvalue weighted by Crippen LogP contribution is -2.61. The number of carbonyl (C=O) groups is 2. The molecule has 24 heavy (non-hydrogen) atoms. The molecule has 0 radical (unpaired) electrons. The molecule has 1 aliphatic rings. The summed E-state index contributed by atoms with van der Waals surface area (Å²) >= 11 is 0. The van der Waals surface area contributed by atoms with Gasteiger partial charge in [0.2, 0.25) is 5.91 Å². The summed E-state index contributed by atoms with van der Waals surface area (Å²) in [6, 6.07) is 7.41. The number of hydrogen-bond acceptors (Lipinski definition) is 4. The fourth-order valence-electron chi connectivity index (χ4n) is 3.44. The lowest BCUT2D eigenvalue weighted by molar-refractivity contribution is -0.155. The van der Waals surface area contributed by atoms with Crippen molar-refractivity contribution in [2.45, 2.75) is 51.0 Å². The van der Waals surface area contributed by atoms with E-state index in [1.54, 1.807) is 7.11 Å². The van der Waals surface area contributed by atoms with Gasteiger partial charge in [-0.2, -0.15) is 0 Å². The normalized spacial score (nSPS) is 24.8. The largest absolute Gasteiger partial charge is 0.497 e. The van der Waals surface area contributed by atoms with Crippen LogP contribution in [0, 0.1) is 5.92 Å². The summed E-state index contributed by atoms with van der Waals surface area (Å²) in [5.41, 5.74) is -0.0260. The van der Waals surface area contributed by atoms with Crippen molar-refractivity contribution in [3.8, 4) is 5.75 Å². The van der Waals surface area contributed by atoms with Gasteiger partial charge in [-0.25, -0.2) is 4.79 Å². The van der Waals surface area contributed by atoms with Gasteiger partial charge >= 0.3 is 5.97 Å².